The lowest BCUT2D eigenvalue weighted by Gasteiger charge is -2.37. The van der Waals surface area contributed by atoms with E-state index in [1.807, 2.05) is 19.1 Å². The topological polar surface area (TPSA) is 77.8 Å². The van der Waals surface area contributed by atoms with Gasteiger partial charge in [-0.3, -0.25) is 4.79 Å². The number of carbonyl (C=O) groups is 1. The van der Waals surface area contributed by atoms with Gasteiger partial charge in [-0.2, -0.15) is 0 Å². The zero-order valence-electron chi connectivity index (χ0n) is 12.4. The molecule has 0 heterocycles. The smallest absolute Gasteiger partial charge is 0.200 e. The molecule has 114 valence electrons. The molecule has 2 aliphatic carbocycles. The Hall–Kier alpha value is -2.23. The highest BCUT2D eigenvalue weighted by molar-refractivity contribution is 5.97. The molecule has 2 atom stereocenters. The van der Waals surface area contributed by atoms with E-state index < -0.39 is 5.75 Å². The highest BCUT2D eigenvalue weighted by atomic mass is 16.3. The molecule has 22 heavy (non-hydrogen) atoms. The molecule has 0 amide bonds. The van der Waals surface area contributed by atoms with Crippen LogP contribution in [0.2, 0.25) is 0 Å². The van der Waals surface area contributed by atoms with E-state index in [9.17, 15) is 20.1 Å². The fourth-order valence-corrected chi connectivity index (χ4v) is 4.40. The van der Waals surface area contributed by atoms with E-state index in [-0.39, 0.29) is 22.8 Å². The third-order valence-corrected chi connectivity index (χ3v) is 5.71. The number of aryl methyl sites for hydroxylation is 1. The molecular weight excluding hydrogens is 280 g/mol. The summed E-state index contributed by atoms with van der Waals surface area (Å²) in [4.78, 5) is 12.2. The van der Waals surface area contributed by atoms with Crippen LogP contribution >= 0.6 is 0 Å². The fourth-order valence-electron chi connectivity index (χ4n) is 4.40. The molecule has 0 spiro atoms. The van der Waals surface area contributed by atoms with Gasteiger partial charge in [-0.15, -0.1) is 0 Å². The average molecular weight is 298 g/mol. The van der Waals surface area contributed by atoms with Crippen molar-refractivity contribution in [1.82, 2.24) is 0 Å². The first kappa shape index (κ1) is 13.4. The lowest BCUT2D eigenvalue weighted by molar-refractivity contribution is -0.126. The minimum atomic E-state index is -0.475. The van der Waals surface area contributed by atoms with Gasteiger partial charge in [0.2, 0.25) is 5.75 Å². The number of phenolic OH excluding ortho intramolecular Hbond substituents is 3. The molecule has 0 unspecified atom stereocenters. The van der Waals surface area contributed by atoms with Gasteiger partial charge < -0.3 is 15.3 Å². The second-order valence-corrected chi connectivity index (χ2v) is 6.76. The SMILES string of the molecule is C[C@]12CCc3c(ccc4cc(O)c(O)c(O)c34)[C@@H]1CCC2=O. The van der Waals surface area contributed by atoms with Crippen LogP contribution in [0.1, 0.15) is 43.2 Å². The van der Waals surface area contributed by atoms with E-state index in [1.165, 1.54) is 6.07 Å². The summed E-state index contributed by atoms with van der Waals surface area (Å²) in [5, 5.41) is 31.1. The van der Waals surface area contributed by atoms with Gasteiger partial charge in [0.15, 0.2) is 11.5 Å². The van der Waals surface area contributed by atoms with Crippen LogP contribution in [0.4, 0.5) is 0 Å². The zero-order valence-corrected chi connectivity index (χ0v) is 12.4. The number of benzene rings is 2. The molecule has 2 aliphatic rings. The summed E-state index contributed by atoms with van der Waals surface area (Å²) < 4.78 is 0. The minimum absolute atomic E-state index is 0.184. The summed E-state index contributed by atoms with van der Waals surface area (Å²) in [5.41, 5.74) is 1.81. The number of carbonyl (C=O) groups excluding carboxylic acids is 1. The fraction of sp³-hybridized carbons (Fsp3) is 0.389. The number of ketones is 1. The standard InChI is InChI=1S/C18H18O4/c1-18-7-6-11-10(12(18)4-5-14(18)20)3-2-9-8-13(19)16(21)17(22)15(9)11/h2-3,8,12,19,21-22H,4-7H2,1H3/t12-,18-/m0/s1. The summed E-state index contributed by atoms with van der Waals surface area (Å²) in [6.45, 7) is 2.05. The maximum atomic E-state index is 12.2. The number of hydrogen-bond acceptors (Lipinski definition) is 4. The van der Waals surface area contributed by atoms with Gasteiger partial charge in [-0.1, -0.05) is 19.1 Å². The van der Waals surface area contributed by atoms with Gasteiger partial charge in [-0.25, -0.2) is 0 Å². The van der Waals surface area contributed by atoms with E-state index >= 15 is 0 Å². The number of fused-ring (bicyclic) bond motifs is 5. The Kier molecular flexibility index (Phi) is 2.54. The van der Waals surface area contributed by atoms with Crippen molar-refractivity contribution in [3.8, 4) is 17.2 Å². The van der Waals surface area contributed by atoms with Crippen molar-refractivity contribution in [3.63, 3.8) is 0 Å². The average Bonchev–Trinajstić information content (AvgIpc) is 2.80. The number of rotatable bonds is 0. The van der Waals surface area contributed by atoms with Gasteiger partial charge in [0, 0.05) is 17.2 Å². The van der Waals surface area contributed by atoms with Gasteiger partial charge in [0.1, 0.15) is 5.78 Å². The molecule has 0 aromatic heterocycles. The van der Waals surface area contributed by atoms with Crippen molar-refractivity contribution in [2.45, 2.75) is 38.5 Å². The lowest BCUT2D eigenvalue weighted by Crippen LogP contribution is -2.32. The van der Waals surface area contributed by atoms with Crippen LogP contribution in [0.5, 0.6) is 17.2 Å². The molecule has 2 aromatic carbocycles. The lowest BCUT2D eigenvalue weighted by atomic mass is 9.66. The number of Topliss-reactive ketones (excluding diaryl/α,β-unsaturated/α-hetero) is 1. The van der Waals surface area contributed by atoms with Crippen LogP contribution in [-0.2, 0) is 11.2 Å². The van der Waals surface area contributed by atoms with Crippen molar-refractivity contribution in [3.05, 3.63) is 29.3 Å². The molecule has 0 saturated heterocycles. The molecular formula is C18H18O4. The van der Waals surface area contributed by atoms with E-state index in [0.717, 1.165) is 24.0 Å². The Labute approximate surface area is 128 Å². The Bertz CT molecular complexity index is 824. The van der Waals surface area contributed by atoms with Gasteiger partial charge in [0.25, 0.3) is 0 Å². The van der Waals surface area contributed by atoms with Crippen molar-refractivity contribution in [1.29, 1.82) is 0 Å². The number of hydrogen-bond donors (Lipinski definition) is 3. The maximum absolute atomic E-state index is 12.2. The van der Waals surface area contributed by atoms with Gasteiger partial charge >= 0.3 is 0 Å². The summed E-state index contributed by atoms with van der Waals surface area (Å²) in [6, 6.07) is 5.33. The number of phenols is 3. The molecule has 4 nitrogen and oxygen atoms in total. The van der Waals surface area contributed by atoms with Crippen molar-refractivity contribution < 1.29 is 20.1 Å². The molecule has 0 aliphatic heterocycles. The van der Waals surface area contributed by atoms with Crippen LogP contribution in [0, 0.1) is 5.41 Å². The molecule has 4 heteroatoms. The molecule has 1 saturated carbocycles. The Morgan fingerprint density at radius 1 is 1.14 bits per heavy atom. The molecule has 3 N–H and O–H groups in total. The second-order valence-electron chi connectivity index (χ2n) is 6.76. The predicted molar refractivity (Wildman–Crippen MR) is 82.4 cm³/mol. The Morgan fingerprint density at radius 2 is 1.91 bits per heavy atom. The quantitative estimate of drug-likeness (QED) is 0.652. The van der Waals surface area contributed by atoms with Crippen molar-refractivity contribution >= 4 is 16.6 Å². The molecule has 0 radical (unpaired) electrons. The maximum Gasteiger partial charge on any atom is 0.200 e. The Balaban J connectivity index is 2.02. The van der Waals surface area contributed by atoms with E-state index in [0.29, 0.717) is 29.4 Å². The second kappa shape index (κ2) is 4.15. The van der Waals surface area contributed by atoms with Crippen LogP contribution in [0.15, 0.2) is 18.2 Å². The summed E-state index contributed by atoms with van der Waals surface area (Å²) in [5.74, 6) is -0.539. The van der Waals surface area contributed by atoms with E-state index in [4.69, 9.17) is 0 Å². The summed E-state index contributed by atoms with van der Waals surface area (Å²) in [6.07, 6.45) is 2.93. The number of aromatic hydroxyl groups is 3. The van der Waals surface area contributed by atoms with Gasteiger partial charge in [0.05, 0.1) is 0 Å². The summed E-state index contributed by atoms with van der Waals surface area (Å²) >= 11 is 0. The Morgan fingerprint density at radius 3 is 2.68 bits per heavy atom. The molecule has 1 fully saturated rings. The normalized spacial score (nSPS) is 27.0. The van der Waals surface area contributed by atoms with Crippen molar-refractivity contribution in [2.75, 3.05) is 0 Å². The predicted octanol–water partition coefficient (Wildman–Crippen LogP) is 3.36. The first-order chi connectivity index (χ1) is 10.4. The van der Waals surface area contributed by atoms with Crippen LogP contribution in [0.3, 0.4) is 0 Å². The van der Waals surface area contributed by atoms with Crippen LogP contribution in [0.25, 0.3) is 10.8 Å². The van der Waals surface area contributed by atoms with E-state index in [1.54, 1.807) is 0 Å². The highest BCUT2D eigenvalue weighted by Gasteiger charge is 2.49. The highest BCUT2D eigenvalue weighted by Crippen LogP contribution is 2.56. The largest absolute Gasteiger partial charge is 0.504 e. The van der Waals surface area contributed by atoms with Gasteiger partial charge in [-0.05, 0) is 47.8 Å². The van der Waals surface area contributed by atoms with Crippen LogP contribution < -0.4 is 0 Å². The third-order valence-electron chi connectivity index (χ3n) is 5.71. The van der Waals surface area contributed by atoms with E-state index in [2.05, 4.69) is 0 Å². The first-order valence-electron chi connectivity index (χ1n) is 7.66. The summed E-state index contributed by atoms with van der Waals surface area (Å²) in [7, 11) is 0. The van der Waals surface area contributed by atoms with Crippen molar-refractivity contribution in [2.24, 2.45) is 5.41 Å². The first-order valence-corrected chi connectivity index (χ1v) is 7.66. The third kappa shape index (κ3) is 1.50. The van der Waals surface area contributed by atoms with Crippen LogP contribution in [-0.4, -0.2) is 21.1 Å². The molecule has 4 rings (SSSR count). The minimum Gasteiger partial charge on any atom is -0.504 e. The molecule has 2 aromatic rings. The molecule has 0 bridgehead atoms. The monoisotopic (exact) mass is 298 g/mol. The zero-order chi connectivity index (χ0) is 15.6.